The summed E-state index contributed by atoms with van der Waals surface area (Å²) in [4.78, 5) is 21.6. The maximum absolute atomic E-state index is 12.0. The molecule has 24 heavy (non-hydrogen) atoms. The Morgan fingerprint density at radius 3 is 2.96 bits per heavy atom. The Labute approximate surface area is 142 Å². The van der Waals surface area contributed by atoms with Crippen LogP contribution in [0.3, 0.4) is 0 Å². The molecule has 0 atom stereocenters. The van der Waals surface area contributed by atoms with Crippen LogP contribution in [0.25, 0.3) is 10.8 Å². The summed E-state index contributed by atoms with van der Waals surface area (Å²) in [5.74, 6) is 1.41. The van der Waals surface area contributed by atoms with E-state index in [1.165, 1.54) is 13.4 Å². The summed E-state index contributed by atoms with van der Waals surface area (Å²) in [5.41, 5.74) is 1.42. The first-order valence-electron chi connectivity index (χ1n) is 7.20. The van der Waals surface area contributed by atoms with Gasteiger partial charge >= 0.3 is 6.03 Å². The molecular weight excluding hydrogens is 328 g/mol. The fourth-order valence-electron chi connectivity index (χ4n) is 2.02. The van der Waals surface area contributed by atoms with Crippen molar-refractivity contribution >= 4 is 23.2 Å². The lowest BCUT2D eigenvalue weighted by Crippen LogP contribution is -2.29. The van der Waals surface area contributed by atoms with E-state index in [1.54, 1.807) is 17.4 Å². The van der Waals surface area contributed by atoms with E-state index in [0.29, 0.717) is 23.2 Å². The van der Waals surface area contributed by atoms with E-state index in [-0.39, 0.29) is 6.54 Å². The lowest BCUT2D eigenvalue weighted by atomic mass is 10.3. The number of carbonyl (C=O) groups is 1. The fraction of sp³-hybridized carbons (Fsp3) is 0.188. The Kier molecular flexibility index (Phi) is 4.76. The molecule has 3 heterocycles. The van der Waals surface area contributed by atoms with Gasteiger partial charge in [0.25, 0.3) is 0 Å². The molecule has 124 valence electrons. The lowest BCUT2D eigenvalue weighted by Gasteiger charge is -2.10. The molecule has 3 rings (SSSR count). The number of aromatic nitrogens is 2. The van der Waals surface area contributed by atoms with E-state index in [9.17, 15) is 4.79 Å². The Hall–Kier alpha value is -2.87. The number of nitrogens with one attached hydrogen (secondary N) is 2. The van der Waals surface area contributed by atoms with Crippen LogP contribution < -0.4 is 15.4 Å². The summed E-state index contributed by atoms with van der Waals surface area (Å²) >= 11 is 1.54. The van der Waals surface area contributed by atoms with E-state index >= 15 is 0 Å². The fourth-order valence-corrected chi connectivity index (χ4v) is 2.68. The van der Waals surface area contributed by atoms with Crippen molar-refractivity contribution in [2.75, 3.05) is 12.4 Å². The van der Waals surface area contributed by atoms with Gasteiger partial charge in [-0.2, -0.15) is 0 Å². The molecule has 0 unspecified atom stereocenters. The number of carbonyl (C=O) groups excluding carboxylic acids is 1. The van der Waals surface area contributed by atoms with Gasteiger partial charge in [0.05, 0.1) is 24.2 Å². The van der Waals surface area contributed by atoms with Crippen LogP contribution in [0, 0.1) is 6.92 Å². The standard InChI is InChI=1S/C16H16N4O3S/c1-10-5-6-12(22-2)14(18-10)20-16(21)17-8-11-9-23-15(19-11)13-4-3-7-24-13/h3-7,9H,8H2,1-2H3,(H2,17,18,20,21). The molecule has 8 heteroatoms. The third-order valence-corrected chi connectivity index (χ3v) is 4.02. The van der Waals surface area contributed by atoms with E-state index in [4.69, 9.17) is 9.15 Å². The van der Waals surface area contributed by atoms with Gasteiger partial charge in [0.1, 0.15) is 6.26 Å². The molecule has 0 saturated heterocycles. The number of hydrogen-bond acceptors (Lipinski definition) is 6. The number of amides is 2. The summed E-state index contributed by atoms with van der Waals surface area (Å²) < 4.78 is 10.6. The summed E-state index contributed by atoms with van der Waals surface area (Å²) in [6.45, 7) is 2.08. The highest BCUT2D eigenvalue weighted by Crippen LogP contribution is 2.24. The van der Waals surface area contributed by atoms with Crippen LogP contribution in [-0.4, -0.2) is 23.1 Å². The quantitative estimate of drug-likeness (QED) is 0.740. The molecule has 0 aromatic carbocycles. The number of aryl methyl sites for hydroxylation is 1. The molecule has 0 aliphatic rings. The average Bonchev–Trinajstić information content (AvgIpc) is 3.24. The summed E-state index contributed by atoms with van der Waals surface area (Å²) in [7, 11) is 1.52. The van der Waals surface area contributed by atoms with Gasteiger partial charge in [-0.25, -0.2) is 14.8 Å². The van der Waals surface area contributed by atoms with E-state index in [0.717, 1.165) is 10.6 Å². The van der Waals surface area contributed by atoms with Gasteiger partial charge in [0.15, 0.2) is 11.6 Å². The molecule has 0 aliphatic carbocycles. The minimum absolute atomic E-state index is 0.245. The number of ether oxygens (including phenoxy) is 1. The predicted octanol–water partition coefficient (Wildman–Crippen LogP) is 3.44. The van der Waals surface area contributed by atoms with Crippen molar-refractivity contribution in [3.63, 3.8) is 0 Å². The lowest BCUT2D eigenvalue weighted by molar-refractivity contribution is 0.251. The first-order valence-corrected chi connectivity index (χ1v) is 8.08. The highest BCUT2D eigenvalue weighted by atomic mass is 32.1. The zero-order valence-electron chi connectivity index (χ0n) is 13.2. The molecule has 2 N–H and O–H groups in total. The highest BCUT2D eigenvalue weighted by molar-refractivity contribution is 7.13. The predicted molar refractivity (Wildman–Crippen MR) is 91.2 cm³/mol. The zero-order chi connectivity index (χ0) is 16.9. The number of oxazole rings is 1. The van der Waals surface area contributed by atoms with Crippen LogP contribution in [0.5, 0.6) is 5.75 Å². The normalized spacial score (nSPS) is 10.4. The molecular formula is C16H16N4O3S. The highest BCUT2D eigenvalue weighted by Gasteiger charge is 2.11. The van der Waals surface area contributed by atoms with Crippen LogP contribution in [-0.2, 0) is 6.54 Å². The van der Waals surface area contributed by atoms with Gasteiger partial charge in [-0.05, 0) is 30.5 Å². The van der Waals surface area contributed by atoms with E-state index in [1.807, 2.05) is 30.5 Å². The molecule has 3 aromatic rings. The number of nitrogens with zero attached hydrogens (tertiary/aromatic N) is 2. The third kappa shape index (κ3) is 3.72. The molecule has 0 aliphatic heterocycles. The molecule has 7 nitrogen and oxygen atoms in total. The molecule has 0 bridgehead atoms. The first kappa shape index (κ1) is 16.0. The number of urea groups is 1. The Morgan fingerprint density at radius 2 is 2.21 bits per heavy atom. The maximum atomic E-state index is 12.0. The smallest absolute Gasteiger partial charge is 0.320 e. The topological polar surface area (TPSA) is 89.3 Å². The monoisotopic (exact) mass is 344 g/mol. The van der Waals surface area contributed by atoms with Gasteiger partial charge in [-0.1, -0.05) is 6.07 Å². The number of rotatable bonds is 5. The average molecular weight is 344 g/mol. The molecule has 0 saturated carbocycles. The summed E-state index contributed by atoms with van der Waals surface area (Å²) in [5, 5.41) is 7.33. The SMILES string of the molecule is COc1ccc(C)nc1NC(=O)NCc1coc(-c2cccs2)n1. The second kappa shape index (κ2) is 7.14. The van der Waals surface area contributed by atoms with E-state index < -0.39 is 6.03 Å². The van der Waals surface area contributed by atoms with Crippen LogP contribution in [0.4, 0.5) is 10.6 Å². The van der Waals surface area contributed by atoms with Gasteiger partial charge < -0.3 is 14.5 Å². The van der Waals surface area contributed by atoms with Crippen molar-refractivity contribution in [1.29, 1.82) is 0 Å². The second-order valence-corrected chi connectivity index (χ2v) is 5.88. The molecule has 3 aromatic heterocycles. The van der Waals surface area contributed by atoms with Gasteiger partial charge in [0, 0.05) is 5.69 Å². The van der Waals surface area contributed by atoms with Gasteiger partial charge in [0.2, 0.25) is 5.89 Å². The van der Waals surface area contributed by atoms with Crippen LogP contribution >= 0.6 is 11.3 Å². The minimum atomic E-state index is -0.396. The Bertz CT molecular complexity index is 830. The van der Waals surface area contributed by atoms with Crippen molar-refractivity contribution in [3.8, 4) is 16.5 Å². The molecule has 0 radical (unpaired) electrons. The number of pyridine rings is 1. The van der Waals surface area contributed by atoms with Crippen molar-refractivity contribution < 1.29 is 13.9 Å². The molecule has 2 amide bonds. The number of thiophene rings is 1. The minimum Gasteiger partial charge on any atom is -0.493 e. The Balaban J connectivity index is 1.59. The van der Waals surface area contributed by atoms with Gasteiger partial charge in [-0.15, -0.1) is 11.3 Å². The largest absolute Gasteiger partial charge is 0.493 e. The van der Waals surface area contributed by atoms with Crippen molar-refractivity contribution in [2.45, 2.75) is 13.5 Å². The number of hydrogen-bond donors (Lipinski definition) is 2. The third-order valence-electron chi connectivity index (χ3n) is 3.16. The second-order valence-electron chi connectivity index (χ2n) is 4.93. The molecule has 0 fully saturated rings. The first-order chi connectivity index (χ1) is 11.7. The summed E-state index contributed by atoms with van der Waals surface area (Å²) in [6, 6.07) is 7.02. The number of methoxy groups -OCH3 is 1. The van der Waals surface area contributed by atoms with Crippen LogP contribution in [0.1, 0.15) is 11.4 Å². The van der Waals surface area contributed by atoms with E-state index in [2.05, 4.69) is 20.6 Å². The molecule has 0 spiro atoms. The summed E-state index contributed by atoms with van der Waals surface area (Å²) in [6.07, 6.45) is 1.53. The van der Waals surface area contributed by atoms with Crippen molar-refractivity contribution in [2.24, 2.45) is 0 Å². The van der Waals surface area contributed by atoms with Crippen molar-refractivity contribution in [3.05, 3.63) is 47.3 Å². The van der Waals surface area contributed by atoms with Crippen molar-refractivity contribution in [1.82, 2.24) is 15.3 Å². The van der Waals surface area contributed by atoms with Crippen LogP contribution in [0.2, 0.25) is 0 Å². The number of anilines is 1. The van der Waals surface area contributed by atoms with Crippen LogP contribution in [0.15, 0.2) is 40.3 Å². The zero-order valence-corrected chi connectivity index (χ0v) is 14.0. The maximum Gasteiger partial charge on any atom is 0.320 e. The van der Waals surface area contributed by atoms with Gasteiger partial charge in [-0.3, -0.25) is 5.32 Å². The Morgan fingerprint density at radius 1 is 1.33 bits per heavy atom.